The van der Waals surface area contributed by atoms with E-state index in [1.165, 1.54) is 0 Å². The van der Waals surface area contributed by atoms with E-state index in [-0.39, 0.29) is 46.9 Å². The van der Waals surface area contributed by atoms with Gasteiger partial charge in [0.25, 0.3) is 0 Å². The molecule has 0 atom stereocenters. The smallest absolute Gasteiger partial charge is 0 e. The number of rotatable bonds is 0. The summed E-state index contributed by atoms with van der Waals surface area (Å²) in [5.41, 5.74) is 0. The molecule has 0 spiro atoms. The van der Waals surface area contributed by atoms with Crippen LogP contribution < -0.4 is 0 Å². The summed E-state index contributed by atoms with van der Waals surface area (Å²) in [6.07, 6.45) is 0. The first-order valence-electron chi connectivity index (χ1n) is 0.873. The van der Waals surface area contributed by atoms with Gasteiger partial charge in [-0.05, 0) is 0 Å². The van der Waals surface area contributed by atoms with Gasteiger partial charge in [0.05, 0.1) is 0 Å². The summed E-state index contributed by atoms with van der Waals surface area (Å²) in [5.74, 6) is 0. The van der Waals surface area contributed by atoms with Crippen LogP contribution in [0.4, 0.5) is 7.70 Å². The Bertz CT molecular complexity index is 23.0. The monoisotopic (exact) mass is 339 g/mol. The van der Waals surface area contributed by atoms with E-state index >= 15 is 0 Å². The Hall–Kier alpha value is 2.34. The van der Waals surface area contributed by atoms with Crippen molar-refractivity contribution in [1.29, 1.82) is 0 Å². The summed E-state index contributed by atoms with van der Waals surface area (Å²) >= 11 is -7.26. The number of halogens is 4. The van der Waals surface area contributed by atoms with Gasteiger partial charge < -0.3 is 0 Å². The molecular formula is F4YYb. The van der Waals surface area contributed by atoms with E-state index in [2.05, 4.69) is 0 Å². The van der Waals surface area contributed by atoms with Crippen molar-refractivity contribution in [3.63, 3.8) is 0 Å². The minimum absolute atomic E-state index is 0. The molecule has 0 saturated carbocycles. The van der Waals surface area contributed by atoms with Crippen molar-refractivity contribution in [3.8, 4) is 0 Å². The molecule has 6 heavy (non-hydrogen) atoms. The quantitative estimate of drug-likeness (QED) is 0.590. The molecule has 0 aliphatic carbocycles. The maximum atomic E-state index is 9.91. The minimum Gasteiger partial charge on any atom is 0 e. The van der Waals surface area contributed by atoms with Gasteiger partial charge in [-0.15, -0.1) is 0 Å². The van der Waals surface area contributed by atoms with Gasteiger partial charge in [0.15, 0.2) is 0 Å². The average Bonchev–Trinajstić information content (AvgIpc) is 0.722. The second-order valence-electron chi connectivity index (χ2n) is 0.495. The molecule has 0 N–H and O–H groups in total. The van der Waals surface area contributed by atoms with Gasteiger partial charge in [-0.1, -0.05) is 0 Å². The maximum Gasteiger partial charge on any atom is 0 e. The van der Waals surface area contributed by atoms with E-state index in [1.54, 1.807) is 0 Å². The molecule has 0 amide bonds. The van der Waals surface area contributed by atoms with Crippen LogP contribution in [-0.4, -0.2) is 0 Å². The third kappa shape index (κ3) is 33.0. The third-order valence-corrected chi connectivity index (χ3v) is 0. The Kier molecular flexibility index (Phi) is 7.91. The van der Waals surface area contributed by atoms with Gasteiger partial charge in [-0.3, -0.25) is 0 Å². The number of hydrogen-bond donors (Lipinski definition) is 0. The Morgan fingerprint density at radius 1 is 0.833 bits per heavy atom. The molecule has 0 aromatic rings. The normalized spacial score (nSPS) is 10.0. The molecule has 6 heteroatoms. The zero-order valence-corrected chi connectivity index (χ0v) is 6.91. The van der Waals surface area contributed by atoms with Crippen molar-refractivity contribution >= 4 is 0 Å². The van der Waals surface area contributed by atoms with Gasteiger partial charge in [-0.2, -0.15) is 0 Å². The van der Waals surface area contributed by atoms with Gasteiger partial charge >= 0.3 is 36.2 Å². The summed E-state index contributed by atoms with van der Waals surface area (Å²) < 4.78 is 39.6. The molecule has 0 radical (unpaired) electrons. The predicted molar refractivity (Wildman–Crippen MR) is 4.43 cm³/mol. The standard InChI is InChI=1S/4FH.Y.Yb/h4*1H;;/q;;;;+4;/p-4. The van der Waals surface area contributed by atoms with Crippen molar-refractivity contribution in [1.82, 2.24) is 0 Å². The van der Waals surface area contributed by atoms with Crippen LogP contribution in [0.5, 0.6) is 0 Å². The van der Waals surface area contributed by atoms with Crippen molar-refractivity contribution in [2.45, 2.75) is 0 Å². The topological polar surface area (TPSA) is 0 Å². The first-order chi connectivity index (χ1) is 2.00. The first kappa shape index (κ1) is 11.2. The predicted octanol–water partition coefficient (Wildman–Crippen LogP) is 1.68. The second-order valence-corrected chi connectivity index (χ2v) is 2.93. The van der Waals surface area contributed by atoms with E-state index in [4.69, 9.17) is 0 Å². The summed E-state index contributed by atoms with van der Waals surface area (Å²) in [7, 11) is 0. The van der Waals surface area contributed by atoms with Gasteiger partial charge in [0, 0.05) is 46.9 Å². The summed E-state index contributed by atoms with van der Waals surface area (Å²) in [6.45, 7) is 0. The minimum atomic E-state index is -7.26. The Morgan fingerprint density at radius 2 is 0.833 bits per heavy atom. The third-order valence-electron chi connectivity index (χ3n) is 0. The fraction of sp³-hybridized carbons (Fsp3) is 0. The van der Waals surface area contributed by atoms with Crippen LogP contribution in [0, 0.1) is 46.9 Å². The van der Waals surface area contributed by atoms with Crippen molar-refractivity contribution in [3.05, 3.63) is 0 Å². The molecule has 0 unspecified atom stereocenters. The SMILES string of the molecule is [F][Y]([F])([F])[F].[Yb]. The van der Waals surface area contributed by atoms with Gasteiger partial charge in [0.1, 0.15) is 0 Å². The van der Waals surface area contributed by atoms with Crippen LogP contribution >= 0.6 is 0 Å². The Morgan fingerprint density at radius 3 is 0.833 bits per heavy atom. The molecule has 0 heterocycles. The fourth-order valence-corrected chi connectivity index (χ4v) is 0. The van der Waals surface area contributed by atoms with Gasteiger partial charge in [0.2, 0.25) is 0 Å². The molecule has 0 aliphatic rings. The molecule has 0 aliphatic heterocycles. The average molecular weight is 338 g/mol. The summed E-state index contributed by atoms with van der Waals surface area (Å²) in [4.78, 5) is 0. The molecule has 0 saturated heterocycles. The molecule has 0 aromatic carbocycles. The van der Waals surface area contributed by atoms with E-state index in [0.717, 1.165) is 0 Å². The second kappa shape index (κ2) is 4.24. The molecule has 0 fully saturated rings. The molecule has 0 bridgehead atoms. The van der Waals surface area contributed by atoms with Crippen LogP contribution in [0.25, 0.3) is 0 Å². The first-order valence-corrected chi connectivity index (χ1v) is 5.16. The Labute approximate surface area is 81.1 Å². The van der Waals surface area contributed by atoms with Gasteiger partial charge in [-0.25, -0.2) is 0 Å². The van der Waals surface area contributed by atoms with E-state index < -0.39 is 28.5 Å². The summed E-state index contributed by atoms with van der Waals surface area (Å²) in [6, 6.07) is 0. The van der Waals surface area contributed by atoms with Crippen molar-refractivity contribution in [2.24, 2.45) is 0 Å². The van der Waals surface area contributed by atoms with Crippen LogP contribution in [0.15, 0.2) is 0 Å². The van der Waals surface area contributed by atoms with Crippen molar-refractivity contribution < 1.29 is 83.1 Å². The Balaban J connectivity index is 0. The molecular weight excluding hydrogens is 338 g/mol. The van der Waals surface area contributed by atoms with Crippen molar-refractivity contribution in [2.75, 3.05) is 0 Å². The van der Waals surface area contributed by atoms with Crippen LogP contribution in [-0.2, 0) is 28.5 Å². The molecule has 0 aromatic heterocycles. The largest absolute Gasteiger partial charge is 0 e. The molecule has 0 nitrogen and oxygen atoms in total. The van der Waals surface area contributed by atoms with Crippen LogP contribution in [0.3, 0.4) is 0 Å². The van der Waals surface area contributed by atoms with E-state index in [9.17, 15) is 7.70 Å². The fourth-order valence-electron chi connectivity index (χ4n) is 0. The van der Waals surface area contributed by atoms with Crippen LogP contribution in [0.1, 0.15) is 0 Å². The molecule has 45 valence electrons. The van der Waals surface area contributed by atoms with E-state index in [1.807, 2.05) is 0 Å². The summed E-state index contributed by atoms with van der Waals surface area (Å²) in [5, 5.41) is 0. The zero-order valence-electron chi connectivity index (χ0n) is 2.36. The number of hydrogen-bond acceptors (Lipinski definition) is 0. The zero-order chi connectivity index (χ0) is 4.50. The molecule has 0 rings (SSSR count). The van der Waals surface area contributed by atoms with E-state index in [0.29, 0.717) is 0 Å². The maximum absolute atomic E-state index is 9.91. The van der Waals surface area contributed by atoms with Crippen LogP contribution in [0.2, 0.25) is 0 Å².